The van der Waals surface area contributed by atoms with Gasteiger partial charge in [0.25, 0.3) is 0 Å². The van der Waals surface area contributed by atoms with Crippen molar-refractivity contribution in [3.05, 3.63) is 70.7 Å². The van der Waals surface area contributed by atoms with Crippen LogP contribution in [0.1, 0.15) is 25.7 Å². The zero-order valence-corrected chi connectivity index (χ0v) is 18.5. The number of allylic oxidation sites excluding steroid dienone is 10. The zero-order valence-electron chi connectivity index (χ0n) is 16.9. The van der Waals surface area contributed by atoms with E-state index in [1.807, 2.05) is 24.3 Å². The van der Waals surface area contributed by atoms with Crippen LogP contribution < -0.4 is 0 Å². The van der Waals surface area contributed by atoms with Crippen molar-refractivity contribution in [2.24, 2.45) is 11.8 Å². The third kappa shape index (κ3) is 4.36. The molecule has 0 aromatic heterocycles. The maximum Gasteiger partial charge on any atom is 0.303 e. The molecule has 1 aliphatic heterocycles. The van der Waals surface area contributed by atoms with Gasteiger partial charge in [0.2, 0.25) is 10.0 Å². The number of fused-ring (bicyclic) bond motifs is 1. The van der Waals surface area contributed by atoms with Crippen LogP contribution in [0.3, 0.4) is 0 Å². The minimum absolute atomic E-state index is 0.00299. The molecule has 1 N–H and O–H groups in total. The first-order valence-electron chi connectivity index (χ1n) is 10.4. The van der Waals surface area contributed by atoms with Crippen molar-refractivity contribution in [3.63, 3.8) is 0 Å². The molecule has 166 valence electrons. The Bertz CT molecular complexity index is 1040. The fourth-order valence-corrected chi connectivity index (χ4v) is 6.97. The molecule has 0 bridgehead atoms. The van der Waals surface area contributed by atoms with Crippen LogP contribution in [-0.2, 0) is 14.8 Å². The second kappa shape index (κ2) is 8.88. The van der Waals surface area contributed by atoms with Crippen molar-refractivity contribution >= 4 is 27.6 Å². The number of alkyl halides is 2. The first-order chi connectivity index (χ1) is 14.8. The van der Waals surface area contributed by atoms with Gasteiger partial charge >= 0.3 is 5.97 Å². The van der Waals surface area contributed by atoms with Crippen LogP contribution in [0.2, 0.25) is 0 Å². The van der Waals surface area contributed by atoms with Crippen LogP contribution in [-0.4, -0.2) is 47.9 Å². The molecule has 0 spiro atoms. The quantitative estimate of drug-likeness (QED) is 0.594. The number of rotatable bonds is 6. The number of carboxylic acid groups (broad SMARTS) is 1. The Morgan fingerprint density at radius 1 is 1.16 bits per heavy atom. The lowest BCUT2D eigenvalue weighted by Crippen LogP contribution is -2.38. The van der Waals surface area contributed by atoms with E-state index in [-0.39, 0.29) is 42.2 Å². The monoisotopic (exact) mass is 465 g/mol. The molecule has 31 heavy (non-hydrogen) atoms. The molecule has 0 amide bonds. The summed E-state index contributed by atoms with van der Waals surface area (Å²) in [6.07, 6.45) is 15.6. The molecule has 3 aliphatic carbocycles. The van der Waals surface area contributed by atoms with E-state index in [1.165, 1.54) is 10.4 Å². The van der Waals surface area contributed by atoms with Crippen molar-refractivity contribution in [1.82, 2.24) is 4.31 Å². The maximum absolute atomic E-state index is 14.0. The largest absolute Gasteiger partial charge is 0.481 e. The third-order valence-corrected chi connectivity index (χ3v) is 8.87. The van der Waals surface area contributed by atoms with Crippen molar-refractivity contribution in [2.75, 3.05) is 6.54 Å². The van der Waals surface area contributed by atoms with Crippen LogP contribution in [0, 0.1) is 11.8 Å². The van der Waals surface area contributed by atoms with E-state index in [4.69, 9.17) is 16.7 Å². The Hall–Kier alpha value is -1.96. The molecule has 4 rings (SSSR count). The van der Waals surface area contributed by atoms with Crippen molar-refractivity contribution in [3.8, 4) is 0 Å². The molecule has 5 unspecified atom stereocenters. The first-order valence-corrected chi connectivity index (χ1v) is 12.3. The number of nitrogens with zero attached hydrogens (tertiary/aromatic N) is 1. The minimum atomic E-state index is -3.77. The summed E-state index contributed by atoms with van der Waals surface area (Å²) in [5.74, 6) is -1.28. The second-order valence-corrected chi connectivity index (χ2v) is 10.7. The summed E-state index contributed by atoms with van der Waals surface area (Å²) in [5, 5.41) is 8.25. The predicted octanol–water partition coefficient (Wildman–Crippen LogP) is 4.27. The molecule has 0 aromatic rings. The van der Waals surface area contributed by atoms with E-state index in [9.17, 15) is 17.6 Å². The van der Waals surface area contributed by atoms with Gasteiger partial charge in [0.1, 0.15) is 6.17 Å². The highest BCUT2D eigenvalue weighted by atomic mass is 35.5. The van der Waals surface area contributed by atoms with Gasteiger partial charge in [-0.05, 0) is 48.5 Å². The van der Waals surface area contributed by atoms with Crippen molar-refractivity contribution in [2.45, 2.75) is 43.3 Å². The summed E-state index contributed by atoms with van der Waals surface area (Å²) in [5.41, 5.74) is 1.66. The fraction of sp³-hybridized carbons (Fsp3) is 0.435. The summed E-state index contributed by atoms with van der Waals surface area (Å²) >= 11 is 6.26. The lowest BCUT2D eigenvalue weighted by Gasteiger charge is -2.30. The molecule has 5 nitrogen and oxygen atoms in total. The van der Waals surface area contributed by atoms with Gasteiger partial charge in [0.15, 0.2) is 0 Å². The molecule has 1 heterocycles. The zero-order chi connectivity index (χ0) is 22.2. The minimum Gasteiger partial charge on any atom is -0.481 e. The third-order valence-electron chi connectivity index (χ3n) is 6.39. The summed E-state index contributed by atoms with van der Waals surface area (Å²) < 4.78 is 42.8. The van der Waals surface area contributed by atoms with Gasteiger partial charge in [-0.25, -0.2) is 12.8 Å². The molecule has 1 fully saturated rings. The van der Waals surface area contributed by atoms with Crippen LogP contribution >= 0.6 is 11.6 Å². The average Bonchev–Trinajstić information content (AvgIpc) is 3.14. The highest BCUT2D eigenvalue weighted by Crippen LogP contribution is 2.42. The Morgan fingerprint density at radius 2 is 1.90 bits per heavy atom. The normalized spacial score (nSPS) is 33.0. The molecular formula is C23H25ClFNO4S. The van der Waals surface area contributed by atoms with Gasteiger partial charge in [0.05, 0.1) is 16.3 Å². The van der Waals surface area contributed by atoms with Crippen LogP contribution in [0.5, 0.6) is 0 Å². The molecule has 5 atom stereocenters. The molecule has 8 heteroatoms. The van der Waals surface area contributed by atoms with Gasteiger partial charge < -0.3 is 5.11 Å². The van der Waals surface area contributed by atoms with E-state index in [0.29, 0.717) is 18.4 Å². The number of aliphatic carboxylic acids is 1. The molecule has 1 saturated heterocycles. The van der Waals surface area contributed by atoms with Gasteiger partial charge in [-0.15, -0.1) is 11.6 Å². The van der Waals surface area contributed by atoms with E-state index < -0.39 is 27.5 Å². The molecule has 0 saturated carbocycles. The van der Waals surface area contributed by atoms with Gasteiger partial charge in [-0.1, -0.05) is 42.5 Å². The van der Waals surface area contributed by atoms with Gasteiger partial charge in [0, 0.05) is 18.9 Å². The Kier molecular flexibility index (Phi) is 6.37. The molecule has 4 aliphatic rings. The standard InChI is InChI=1S/C23H25ClFNO4S/c24-23-19(8-4-9-20(23)25)15-5-3-6-17(13-15)31(29,30)26-14-16(11-12-22(27)28)18-7-1-2-10-21(18)26/h1-9,15-16,20-21,23H,10-14H2,(H,27,28). The highest BCUT2D eigenvalue weighted by molar-refractivity contribution is 7.93. The topological polar surface area (TPSA) is 74.7 Å². The number of carbonyl (C=O) groups is 1. The average molecular weight is 466 g/mol. The molecule has 0 radical (unpaired) electrons. The van der Waals surface area contributed by atoms with E-state index in [2.05, 4.69) is 0 Å². The van der Waals surface area contributed by atoms with E-state index >= 15 is 0 Å². The maximum atomic E-state index is 14.0. The van der Waals surface area contributed by atoms with Gasteiger partial charge in [-0.2, -0.15) is 4.31 Å². The summed E-state index contributed by atoms with van der Waals surface area (Å²) in [6.45, 7) is 0.273. The van der Waals surface area contributed by atoms with Crippen molar-refractivity contribution < 1.29 is 22.7 Å². The van der Waals surface area contributed by atoms with E-state index in [1.54, 1.807) is 24.3 Å². The Labute approximate surface area is 187 Å². The van der Waals surface area contributed by atoms with Crippen LogP contribution in [0.15, 0.2) is 70.7 Å². The smallest absolute Gasteiger partial charge is 0.303 e. The summed E-state index contributed by atoms with van der Waals surface area (Å²) in [4.78, 5) is 11.3. The highest BCUT2D eigenvalue weighted by Gasteiger charge is 2.44. The lowest BCUT2D eigenvalue weighted by molar-refractivity contribution is -0.137. The summed E-state index contributed by atoms with van der Waals surface area (Å²) in [7, 11) is -3.77. The van der Waals surface area contributed by atoms with E-state index in [0.717, 1.165) is 5.57 Å². The first kappa shape index (κ1) is 22.2. The number of hydrogen-bond acceptors (Lipinski definition) is 3. The number of carboxylic acids is 1. The fourth-order valence-electron chi connectivity index (χ4n) is 4.79. The second-order valence-electron chi connectivity index (χ2n) is 8.28. The lowest BCUT2D eigenvalue weighted by atomic mass is 9.86. The molecular weight excluding hydrogens is 441 g/mol. The van der Waals surface area contributed by atoms with Crippen molar-refractivity contribution in [1.29, 1.82) is 0 Å². The number of hydrogen-bond donors (Lipinski definition) is 1. The Morgan fingerprint density at radius 3 is 2.68 bits per heavy atom. The SMILES string of the molecule is O=C(O)CCC1CN(S(=O)(=O)C2=CC=CC(C3=CC=CC(F)C3Cl)C2)C2CC=CC=C12. The molecule has 0 aromatic carbocycles. The number of sulfonamides is 1. The van der Waals surface area contributed by atoms with Crippen LogP contribution in [0.25, 0.3) is 0 Å². The van der Waals surface area contributed by atoms with Gasteiger partial charge in [-0.3, -0.25) is 4.79 Å². The van der Waals surface area contributed by atoms with Crippen LogP contribution in [0.4, 0.5) is 4.39 Å². The predicted molar refractivity (Wildman–Crippen MR) is 119 cm³/mol. The summed E-state index contributed by atoms with van der Waals surface area (Å²) in [6, 6.07) is -0.285. The Balaban J connectivity index is 1.56. The number of halogens is 2.